The molecule has 2 unspecified atom stereocenters. The van der Waals surface area contributed by atoms with E-state index in [1.807, 2.05) is 0 Å². The van der Waals surface area contributed by atoms with E-state index in [0.717, 1.165) is 0 Å². The zero-order chi connectivity index (χ0) is 9.31. The van der Waals surface area contributed by atoms with Crippen molar-refractivity contribution in [1.29, 1.82) is 0 Å². The summed E-state index contributed by atoms with van der Waals surface area (Å²) in [5.74, 6) is 0. The van der Waals surface area contributed by atoms with Gasteiger partial charge in [-0.2, -0.15) is 0 Å². The van der Waals surface area contributed by atoms with Gasteiger partial charge in [0.1, 0.15) is 17.6 Å². The molecular formula is C8H9NO3S. The molecule has 0 fully saturated rings. The second-order valence-corrected chi connectivity index (χ2v) is 4.67. The number of hydrogen-bond donors (Lipinski definition) is 1. The number of allylic oxidation sites excluding steroid dienone is 2. The molecule has 0 amide bonds. The van der Waals surface area contributed by atoms with Crippen molar-refractivity contribution in [3.63, 3.8) is 0 Å². The van der Waals surface area contributed by atoms with Gasteiger partial charge in [0.2, 0.25) is 10.0 Å². The fraction of sp³-hybridized carbons (Fsp3) is 0.250. The van der Waals surface area contributed by atoms with Crippen molar-refractivity contribution in [1.82, 2.24) is 4.72 Å². The highest BCUT2D eigenvalue weighted by molar-refractivity contribution is 7.90. The van der Waals surface area contributed by atoms with Crippen LogP contribution in [0.25, 0.3) is 0 Å². The summed E-state index contributed by atoms with van der Waals surface area (Å²) in [6, 6.07) is 0. The number of ether oxygens (including phenoxy) is 1. The molecule has 70 valence electrons. The van der Waals surface area contributed by atoms with Crippen LogP contribution in [0.2, 0.25) is 0 Å². The third-order valence-corrected chi connectivity index (χ3v) is 3.54. The maximum absolute atomic E-state index is 11.5. The van der Waals surface area contributed by atoms with Crippen LogP contribution in [-0.2, 0) is 14.8 Å². The molecule has 0 bridgehead atoms. The van der Waals surface area contributed by atoms with Gasteiger partial charge >= 0.3 is 0 Å². The molecule has 0 aromatic rings. The summed E-state index contributed by atoms with van der Waals surface area (Å²) in [6.45, 7) is 0. The molecule has 0 radical (unpaired) electrons. The van der Waals surface area contributed by atoms with E-state index < -0.39 is 21.4 Å². The Bertz CT molecular complexity index is 380. The van der Waals surface area contributed by atoms with Crippen LogP contribution >= 0.6 is 0 Å². The average Bonchev–Trinajstić information content (AvgIpc) is 2.26. The van der Waals surface area contributed by atoms with Crippen LogP contribution < -0.4 is 4.72 Å². The molecule has 2 rings (SSSR count). The molecule has 5 heteroatoms. The Kier molecular flexibility index (Phi) is 1.88. The number of nitrogens with one attached hydrogen (secondary N) is 1. The van der Waals surface area contributed by atoms with E-state index in [1.54, 1.807) is 24.3 Å². The molecule has 1 aliphatic carbocycles. The number of hydrogen-bond acceptors (Lipinski definition) is 3. The van der Waals surface area contributed by atoms with Gasteiger partial charge in [-0.1, -0.05) is 18.2 Å². The minimum Gasteiger partial charge on any atom is -0.491 e. The first kappa shape index (κ1) is 8.37. The molecule has 13 heavy (non-hydrogen) atoms. The Morgan fingerprint density at radius 1 is 1.23 bits per heavy atom. The summed E-state index contributed by atoms with van der Waals surface area (Å²) >= 11 is 0. The van der Waals surface area contributed by atoms with Gasteiger partial charge in [0, 0.05) is 6.20 Å². The molecule has 2 atom stereocenters. The standard InChI is InChI=1S/C8H9NO3S/c10-13(11)8-4-2-1-3-7(8)12-6-5-9-13/h1-9H. The molecule has 0 spiro atoms. The molecule has 1 aliphatic heterocycles. The van der Waals surface area contributed by atoms with Gasteiger partial charge in [-0.15, -0.1) is 0 Å². The van der Waals surface area contributed by atoms with Crippen LogP contribution in [0.4, 0.5) is 0 Å². The molecular weight excluding hydrogens is 190 g/mol. The van der Waals surface area contributed by atoms with Crippen LogP contribution in [0, 0.1) is 0 Å². The zero-order valence-electron chi connectivity index (χ0n) is 6.75. The lowest BCUT2D eigenvalue weighted by atomic mass is 10.1. The van der Waals surface area contributed by atoms with Crippen molar-refractivity contribution in [2.45, 2.75) is 11.4 Å². The fourth-order valence-electron chi connectivity index (χ4n) is 1.30. The van der Waals surface area contributed by atoms with E-state index >= 15 is 0 Å². The van der Waals surface area contributed by atoms with E-state index in [4.69, 9.17) is 4.74 Å². The van der Waals surface area contributed by atoms with Gasteiger partial charge in [-0.3, -0.25) is 4.72 Å². The molecule has 4 nitrogen and oxygen atoms in total. The van der Waals surface area contributed by atoms with E-state index in [-0.39, 0.29) is 0 Å². The zero-order valence-corrected chi connectivity index (χ0v) is 7.57. The van der Waals surface area contributed by atoms with Crippen molar-refractivity contribution in [2.75, 3.05) is 0 Å². The van der Waals surface area contributed by atoms with Crippen molar-refractivity contribution < 1.29 is 13.2 Å². The maximum atomic E-state index is 11.5. The fourth-order valence-corrected chi connectivity index (χ4v) is 2.51. The topological polar surface area (TPSA) is 55.4 Å². The normalized spacial score (nSPS) is 34.2. The van der Waals surface area contributed by atoms with Gasteiger partial charge in [0.05, 0.1) is 0 Å². The highest BCUT2D eigenvalue weighted by Crippen LogP contribution is 2.18. The van der Waals surface area contributed by atoms with Crippen LogP contribution in [0.5, 0.6) is 0 Å². The van der Waals surface area contributed by atoms with Crippen molar-refractivity contribution >= 4 is 10.0 Å². The van der Waals surface area contributed by atoms with E-state index in [1.165, 1.54) is 12.5 Å². The van der Waals surface area contributed by atoms with Crippen molar-refractivity contribution in [3.8, 4) is 0 Å². The molecule has 0 saturated heterocycles. The Balaban J connectivity index is 2.40. The first-order valence-corrected chi connectivity index (χ1v) is 5.41. The van der Waals surface area contributed by atoms with Gasteiger partial charge in [-0.05, 0) is 6.08 Å². The number of sulfonamides is 1. The van der Waals surface area contributed by atoms with Gasteiger partial charge in [-0.25, -0.2) is 8.42 Å². The average molecular weight is 199 g/mol. The lowest BCUT2D eigenvalue weighted by Gasteiger charge is -2.20. The van der Waals surface area contributed by atoms with Gasteiger partial charge in [0.25, 0.3) is 0 Å². The predicted octanol–water partition coefficient (Wildman–Crippen LogP) is 0.270. The van der Waals surface area contributed by atoms with Crippen molar-refractivity contribution in [3.05, 3.63) is 36.8 Å². The number of fused-ring (bicyclic) bond motifs is 1. The quantitative estimate of drug-likeness (QED) is 0.609. The third-order valence-electron chi connectivity index (χ3n) is 1.93. The molecule has 1 N–H and O–H groups in total. The summed E-state index contributed by atoms with van der Waals surface area (Å²) in [4.78, 5) is 0. The van der Waals surface area contributed by atoms with Crippen LogP contribution in [0.15, 0.2) is 36.8 Å². The minimum absolute atomic E-state index is 0.416. The maximum Gasteiger partial charge on any atom is 0.242 e. The second kappa shape index (κ2) is 2.92. The van der Waals surface area contributed by atoms with Gasteiger partial charge in [0.15, 0.2) is 0 Å². The monoisotopic (exact) mass is 199 g/mol. The Labute approximate surface area is 76.6 Å². The highest BCUT2D eigenvalue weighted by Gasteiger charge is 2.32. The summed E-state index contributed by atoms with van der Waals surface area (Å²) in [5.41, 5.74) is 0. The predicted molar refractivity (Wildman–Crippen MR) is 48.1 cm³/mol. The second-order valence-electron chi connectivity index (χ2n) is 2.80. The van der Waals surface area contributed by atoms with Crippen molar-refractivity contribution in [2.24, 2.45) is 0 Å². The van der Waals surface area contributed by atoms with E-state index in [9.17, 15) is 8.42 Å². The lowest BCUT2D eigenvalue weighted by Crippen LogP contribution is -2.37. The Morgan fingerprint density at radius 2 is 2.00 bits per heavy atom. The lowest BCUT2D eigenvalue weighted by molar-refractivity contribution is 0.192. The minimum atomic E-state index is -3.32. The summed E-state index contributed by atoms with van der Waals surface area (Å²) in [7, 11) is -3.32. The number of rotatable bonds is 0. The molecule has 2 aliphatic rings. The van der Waals surface area contributed by atoms with Gasteiger partial charge < -0.3 is 4.74 Å². The molecule has 0 aromatic carbocycles. The van der Waals surface area contributed by atoms with Crippen LogP contribution in [0.1, 0.15) is 0 Å². The third kappa shape index (κ3) is 1.47. The van der Waals surface area contributed by atoms with Crippen LogP contribution in [0.3, 0.4) is 0 Å². The first-order chi connectivity index (χ1) is 6.20. The largest absolute Gasteiger partial charge is 0.491 e. The molecule has 0 saturated carbocycles. The summed E-state index contributed by atoms with van der Waals surface area (Å²) in [6.07, 6.45) is 9.03. The van der Waals surface area contributed by atoms with Crippen LogP contribution in [-0.4, -0.2) is 19.8 Å². The summed E-state index contributed by atoms with van der Waals surface area (Å²) in [5, 5.41) is -0.632. The first-order valence-electron chi connectivity index (χ1n) is 3.87. The smallest absolute Gasteiger partial charge is 0.242 e. The molecule has 1 heterocycles. The SMILES string of the molecule is O=S1(=O)NC=COC2C=CC=CC21. The van der Waals surface area contributed by atoms with E-state index in [2.05, 4.69) is 4.72 Å². The molecule has 0 aromatic heterocycles. The highest BCUT2D eigenvalue weighted by atomic mass is 32.2. The Morgan fingerprint density at radius 3 is 2.85 bits per heavy atom. The Hall–Kier alpha value is -1.23. The van der Waals surface area contributed by atoms with E-state index in [0.29, 0.717) is 0 Å². The summed E-state index contributed by atoms with van der Waals surface area (Å²) < 4.78 is 30.5.